The highest BCUT2D eigenvalue weighted by Crippen LogP contribution is 2.13. The summed E-state index contributed by atoms with van der Waals surface area (Å²) in [7, 11) is 0. The minimum absolute atomic E-state index is 0.346. The van der Waals surface area contributed by atoms with Crippen LogP contribution >= 0.6 is 12.2 Å². The number of nitriles is 1. The van der Waals surface area contributed by atoms with Gasteiger partial charge in [-0.05, 0) is 43.4 Å². The average Bonchev–Trinajstić information content (AvgIpc) is 2.70. The van der Waals surface area contributed by atoms with Gasteiger partial charge in [-0.2, -0.15) is 5.26 Å². The number of hydrogen-bond acceptors (Lipinski definition) is 5. The number of benzene rings is 1. The van der Waals surface area contributed by atoms with Gasteiger partial charge in [0.1, 0.15) is 18.8 Å². The zero-order valence-electron chi connectivity index (χ0n) is 15.4. The quantitative estimate of drug-likeness (QED) is 0.272. The topological polar surface area (TPSA) is 99.8 Å². The van der Waals surface area contributed by atoms with E-state index in [1.165, 1.54) is 0 Å². The summed E-state index contributed by atoms with van der Waals surface area (Å²) in [6, 6.07) is 8.60. The van der Waals surface area contributed by atoms with Crippen molar-refractivity contribution in [2.24, 2.45) is 0 Å². The van der Waals surface area contributed by atoms with E-state index in [0.717, 1.165) is 45.8 Å². The average molecular weight is 393 g/mol. The SMILES string of the molecule is C[C@H](Oc1ccc(C#N)cc1)C(=O)NNC(=S)NCCC[NH+]1CCOCC1. The molecule has 0 aliphatic carbocycles. The van der Waals surface area contributed by atoms with Crippen molar-refractivity contribution in [3.63, 3.8) is 0 Å². The molecule has 1 aromatic rings. The van der Waals surface area contributed by atoms with Crippen molar-refractivity contribution in [1.29, 1.82) is 5.26 Å². The van der Waals surface area contributed by atoms with E-state index in [1.54, 1.807) is 36.1 Å². The lowest BCUT2D eigenvalue weighted by atomic mass is 10.2. The number of nitrogens with one attached hydrogen (secondary N) is 4. The molecule has 4 N–H and O–H groups in total. The van der Waals surface area contributed by atoms with Crippen molar-refractivity contribution in [3.05, 3.63) is 29.8 Å². The third kappa shape index (κ3) is 7.78. The largest absolute Gasteiger partial charge is 0.481 e. The summed E-state index contributed by atoms with van der Waals surface area (Å²) < 4.78 is 10.9. The molecule has 9 heteroatoms. The van der Waals surface area contributed by atoms with Crippen LogP contribution in [0.5, 0.6) is 5.75 Å². The highest BCUT2D eigenvalue weighted by molar-refractivity contribution is 7.80. The molecule has 1 saturated heterocycles. The van der Waals surface area contributed by atoms with Gasteiger partial charge < -0.3 is 19.7 Å². The summed E-state index contributed by atoms with van der Waals surface area (Å²) in [6.45, 7) is 7.21. The molecule has 146 valence electrons. The second kappa shape index (κ2) is 11.3. The molecular formula is C18H26N5O3S+. The predicted octanol–water partition coefficient (Wildman–Crippen LogP) is -0.874. The van der Waals surface area contributed by atoms with Crippen molar-refractivity contribution in [1.82, 2.24) is 16.2 Å². The first-order valence-electron chi connectivity index (χ1n) is 9.00. The molecule has 1 aliphatic rings. The highest BCUT2D eigenvalue weighted by atomic mass is 32.1. The van der Waals surface area contributed by atoms with E-state index in [4.69, 9.17) is 27.0 Å². The third-order valence-corrected chi connectivity index (χ3v) is 4.40. The summed E-state index contributed by atoms with van der Waals surface area (Å²) in [5.41, 5.74) is 5.74. The zero-order chi connectivity index (χ0) is 19.5. The lowest BCUT2D eigenvalue weighted by molar-refractivity contribution is -0.908. The molecule has 0 bridgehead atoms. The summed E-state index contributed by atoms with van der Waals surface area (Å²) in [6.07, 6.45) is 0.279. The molecule has 0 unspecified atom stereocenters. The normalized spacial score (nSPS) is 15.3. The first kappa shape index (κ1) is 20.9. The first-order chi connectivity index (χ1) is 13.1. The minimum atomic E-state index is -0.710. The van der Waals surface area contributed by atoms with E-state index in [-0.39, 0.29) is 5.91 Å². The van der Waals surface area contributed by atoms with Gasteiger partial charge in [0, 0.05) is 13.0 Å². The molecular weight excluding hydrogens is 366 g/mol. The molecule has 1 aliphatic heterocycles. The maximum atomic E-state index is 12.1. The van der Waals surface area contributed by atoms with Crippen LogP contribution in [-0.4, -0.2) is 56.5 Å². The van der Waals surface area contributed by atoms with Crippen molar-refractivity contribution >= 4 is 23.2 Å². The van der Waals surface area contributed by atoms with E-state index in [9.17, 15) is 4.79 Å². The van der Waals surface area contributed by atoms with Gasteiger partial charge in [0.25, 0.3) is 5.91 Å². The van der Waals surface area contributed by atoms with Crippen molar-refractivity contribution < 1.29 is 19.2 Å². The molecule has 0 radical (unpaired) electrons. The van der Waals surface area contributed by atoms with Gasteiger partial charge in [-0.25, -0.2) is 0 Å². The summed E-state index contributed by atoms with van der Waals surface area (Å²) in [5, 5.41) is 12.2. The Kier molecular flexibility index (Phi) is 8.77. The van der Waals surface area contributed by atoms with E-state index in [1.807, 2.05) is 6.07 Å². The Bertz CT molecular complexity index is 656. The Labute approximate surface area is 164 Å². The van der Waals surface area contributed by atoms with Gasteiger partial charge in [0.05, 0.1) is 31.4 Å². The lowest BCUT2D eigenvalue weighted by Gasteiger charge is -2.23. The van der Waals surface area contributed by atoms with Crippen molar-refractivity contribution in [2.75, 3.05) is 39.4 Å². The number of morpholine rings is 1. The monoisotopic (exact) mass is 392 g/mol. The number of hydrogen-bond donors (Lipinski definition) is 4. The molecule has 1 heterocycles. The second-order valence-corrected chi connectivity index (χ2v) is 6.64. The molecule has 1 fully saturated rings. The van der Waals surface area contributed by atoms with Crippen LogP contribution in [0.25, 0.3) is 0 Å². The van der Waals surface area contributed by atoms with Crippen LogP contribution in [0, 0.1) is 11.3 Å². The van der Waals surface area contributed by atoms with Crippen LogP contribution in [0.1, 0.15) is 18.9 Å². The van der Waals surface area contributed by atoms with Gasteiger partial charge in [-0.3, -0.25) is 15.6 Å². The van der Waals surface area contributed by atoms with Crippen LogP contribution in [0.3, 0.4) is 0 Å². The van der Waals surface area contributed by atoms with E-state index < -0.39 is 6.10 Å². The molecule has 8 nitrogen and oxygen atoms in total. The Morgan fingerprint density at radius 3 is 2.70 bits per heavy atom. The summed E-state index contributed by atoms with van der Waals surface area (Å²) in [4.78, 5) is 13.6. The third-order valence-electron chi connectivity index (χ3n) is 4.16. The lowest BCUT2D eigenvalue weighted by Crippen LogP contribution is -3.14. The molecule has 0 spiro atoms. The highest BCUT2D eigenvalue weighted by Gasteiger charge is 2.15. The molecule has 1 atom stereocenters. The predicted molar refractivity (Wildman–Crippen MR) is 104 cm³/mol. The zero-order valence-corrected chi connectivity index (χ0v) is 16.2. The molecule has 27 heavy (non-hydrogen) atoms. The van der Waals surface area contributed by atoms with E-state index in [0.29, 0.717) is 16.4 Å². The van der Waals surface area contributed by atoms with Crippen molar-refractivity contribution in [2.45, 2.75) is 19.4 Å². The Morgan fingerprint density at radius 1 is 1.33 bits per heavy atom. The van der Waals surface area contributed by atoms with Gasteiger partial charge in [0.15, 0.2) is 11.2 Å². The van der Waals surface area contributed by atoms with Crippen LogP contribution in [-0.2, 0) is 9.53 Å². The van der Waals surface area contributed by atoms with Gasteiger partial charge in [0.2, 0.25) is 0 Å². The van der Waals surface area contributed by atoms with Crippen molar-refractivity contribution in [3.8, 4) is 11.8 Å². The van der Waals surface area contributed by atoms with Crippen LogP contribution in [0.2, 0.25) is 0 Å². The summed E-state index contributed by atoms with van der Waals surface area (Å²) >= 11 is 5.15. The Balaban J connectivity index is 1.59. The van der Waals surface area contributed by atoms with E-state index >= 15 is 0 Å². The molecule has 0 saturated carbocycles. The number of hydrazine groups is 1. The van der Waals surface area contributed by atoms with Crippen LogP contribution in [0.4, 0.5) is 0 Å². The number of thiocarbonyl (C=S) groups is 1. The molecule has 1 amide bonds. The molecule has 0 aromatic heterocycles. The summed E-state index contributed by atoms with van der Waals surface area (Å²) in [5.74, 6) is 0.171. The van der Waals surface area contributed by atoms with Crippen LogP contribution < -0.4 is 25.8 Å². The fourth-order valence-electron chi connectivity index (χ4n) is 2.58. The molecule has 1 aromatic carbocycles. The van der Waals surface area contributed by atoms with Gasteiger partial charge in [-0.15, -0.1) is 0 Å². The smallest absolute Gasteiger partial charge is 0.279 e. The number of nitrogens with zero attached hydrogens (tertiary/aromatic N) is 1. The number of carbonyl (C=O) groups is 1. The number of carbonyl (C=O) groups excluding carboxylic acids is 1. The maximum absolute atomic E-state index is 12.1. The standard InChI is InChI=1S/C18H25N5O3S/c1-14(26-16-5-3-15(13-19)4-6-16)17(24)21-22-18(27)20-7-2-8-23-9-11-25-12-10-23/h3-6,14H,2,7-12H2,1H3,(H,21,24)(H2,20,22,27)/p+1/t14-/m0/s1. The number of rotatable bonds is 7. The first-order valence-corrected chi connectivity index (χ1v) is 9.41. The minimum Gasteiger partial charge on any atom is -0.481 e. The van der Waals surface area contributed by atoms with E-state index in [2.05, 4.69) is 16.2 Å². The number of quaternary nitrogens is 1. The van der Waals surface area contributed by atoms with Gasteiger partial charge in [-0.1, -0.05) is 0 Å². The Hall–Kier alpha value is -2.41. The maximum Gasteiger partial charge on any atom is 0.279 e. The second-order valence-electron chi connectivity index (χ2n) is 6.23. The fourth-order valence-corrected chi connectivity index (χ4v) is 2.73. The Morgan fingerprint density at radius 2 is 2.04 bits per heavy atom. The molecule has 2 rings (SSSR count). The number of amides is 1. The van der Waals surface area contributed by atoms with Crippen LogP contribution in [0.15, 0.2) is 24.3 Å². The van der Waals surface area contributed by atoms with Gasteiger partial charge >= 0.3 is 0 Å². The fraction of sp³-hybridized carbons (Fsp3) is 0.500. The number of ether oxygens (including phenoxy) is 2.